The maximum absolute atomic E-state index is 13.7. The van der Waals surface area contributed by atoms with Gasteiger partial charge in [-0.3, -0.25) is 4.98 Å². The maximum Gasteiger partial charge on any atom is 0.132 e. The van der Waals surface area contributed by atoms with Crippen LogP contribution in [0.15, 0.2) is 48.7 Å². The van der Waals surface area contributed by atoms with E-state index in [1.54, 1.807) is 42.6 Å². The molecule has 93 valence electrons. The van der Waals surface area contributed by atoms with Crippen molar-refractivity contribution < 1.29 is 9.50 Å². The molecule has 3 rings (SSSR count). The number of fused-ring (bicyclic) bond motifs is 1. The molecule has 0 aliphatic heterocycles. The number of rotatable bonds is 2. The minimum absolute atomic E-state index is 0.332. The van der Waals surface area contributed by atoms with E-state index >= 15 is 0 Å². The Kier molecular flexibility index (Phi) is 2.93. The van der Waals surface area contributed by atoms with Gasteiger partial charge in [-0.1, -0.05) is 12.1 Å². The molecule has 0 atom stereocenters. The van der Waals surface area contributed by atoms with Gasteiger partial charge < -0.3 is 0 Å². The third-order valence-corrected chi connectivity index (χ3v) is 2.97. The van der Waals surface area contributed by atoms with Crippen LogP contribution in [0.4, 0.5) is 4.39 Å². The largest absolute Gasteiger partial charge is 0.255 e. The summed E-state index contributed by atoms with van der Waals surface area (Å²) in [5, 5.41) is 11.1. The molecule has 2 heterocycles. The summed E-state index contributed by atoms with van der Waals surface area (Å²) < 4.78 is 13.7. The number of benzene rings is 1. The fraction of sp³-hybridized carbons (Fsp3) is 0.0667. The third kappa shape index (κ3) is 2.06. The average molecular weight is 253 g/mol. The number of aromatic nitrogens is 2. The van der Waals surface area contributed by atoms with Crippen molar-refractivity contribution >= 4 is 11.0 Å². The van der Waals surface area contributed by atoms with Crippen LogP contribution >= 0.6 is 0 Å². The highest BCUT2D eigenvalue weighted by Gasteiger charge is 2.09. The lowest BCUT2D eigenvalue weighted by atomic mass is 10.1. The van der Waals surface area contributed by atoms with Gasteiger partial charge in [-0.15, -0.1) is 0 Å². The third-order valence-electron chi connectivity index (χ3n) is 2.97. The van der Waals surface area contributed by atoms with Crippen molar-refractivity contribution in [1.82, 2.24) is 9.97 Å². The summed E-state index contributed by atoms with van der Waals surface area (Å²) in [7, 11) is 0. The van der Waals surface area contributed by atoms with Gasteiger partial charge in [-0.2, -0.15) is 0 Å². The summed E-state index contributed by atoms with van der Waals surface area (Å²) in [4.78, 5) is 8.53. The summed E-state index contributed by atoms with van der Waals surface area (Å²) in [6, 6.07) is 11.5. The Hall–Kier alpha value is -2.33. The van der Waals surface area contributed by atoms with Crippen LogP contribution in [0.2, 0.25) is 0 Å². The lowest BCUT2D eigenvalue weighted by molar-refractivity contribution is 0.178. The van der Waals surface area contributed by atoms with Crippen molar-refractivity contribution in [1.29, 1.82) is 0 Å². The lowest BCUT2D eigenvalue weighted by Crippen LogP contribution is -1.93. The van der Waals surface area contributed by atoms with Gasteiger partial charge in [0.05, 0.1) is 16.7 Å². The summed E-state index contributed by atoms with van der Waals surface area (Å²) in [6.07, 6.45) is 1.58. The maximum atomic E-state index is 13.7. The molecule has 3 aromatic rings. The quantitative estimate of drug-likeness (QED) is 0.703. The SMILES string of the molecule is [O]Cc1ccnc2ccc(-c3ccccc3F)nc12. The molecule has 0 aliphatic rings. The molecule has 0 spiro atoms. The van der Waals surface area contributed by atoms with Crippen LogP contribution in [0.1, 0.15) is 5.56 Å². The number of hydrogen-bond acceptors (Lipinski definition) is 2. The Balaban J connectivity index is 2.24. The first-order chi connectivity index (χ1) is 9.29. The van der Waals surface area contributed by atoms with Gasteiger partial charge in [0.2, 0.25) is 0 Å². The van der Waals surface area contributed by atoms with E-state index in [-0.39, 0.29) is 12.4 Å². The van der Waals surface area contributed by atoms with Crippen LogP contribution in [0.5, 0.6) is 0 Å². The van der Waals surface area contributed by atoms with Gasteiger partial charge in [0.15, 0.2) is 0 Å². The van der Waals surface area contributed by atoms with E-state index in [2.05, 4.69) is 9.97 Å². The van der Waals surface area contributed by atoms with Crippen LogP contribution in [0.3, 0.4) is 0 Å². The molecule has 0 unspecified atom stereocenters. The van der Waals surface area contributed by atoms with Crippen LogP contribution in [-0.4, -0.2) is 9.97 Å². The second-order valence-electron chi connectivity index (χ2n) is 4.16. The van der Waals surface area contributed by atoms with Crippen molar-refractivity contribution in [2.75, 3.05) is 0 Å². The second kappa shape index (κ2) is 4.74. The smallest absolute Gasteiger partial charge is 0.132 e. The zero-order valence-corrected chi connectivity index (χ0v) is 10.0. The molecule has 4 heteroatoms. The van der Waals surface area contributed by atoms with Crippen LogP contribution in [0.25, 0.3) is 22.3 Å². The molecule has 0 fully saturated rings. The molecular weight excluding hydrogens is 243 g/mol. The first kappa shape index (κ1) is 11.7. The minimum atomic E-state index is -0.368. The highest BCUT2D eigenvalue weighted by Crippen LogP contribution is 2.24. The summed E-state index contributed by atoms with van der Waals surface area (Å²) >= 11 is 0. The number of hydrogen-bond donors (Lipinski definition) is 0. The molecule has 3 nitrogen and oxygen atoms in total. The fourth-order valence-electron chi connectivity index (χ4n) is 2.01. The van der Waals surface area contributed by atoms with Crippen molar-refractivity contribution in [2.24, 2.45) is 0 Å². The van der Waals surface area contributed by atoms with E-state index in [1.807, 2.05) is 0 Å². The minimum Gasteiger partial charge on any atom is -0.255 e. The van der Waals surface area contributed by atoms with Crippen LogP contribution < -0.4 is 0 Å². The molecule has 1 radical (unpaired) electrons. The Morgan fingerprint density at radius 1 is 1.05 bits per heavy atom. The van der Waals surface area contributed by atoms with E-state index in [4.69, 9.17) is 0 Å². The van der Waals surface area contributed by atoms with Gasteiger partial charge in [-0.25, -0.2) is 14.5 Å². The van der Waals surface area contributed by atoms with Gasteiger partial charge in [0, 0.05) is 17.3 Å². The molecule has 0 saturated carbocycles. The molecule has 19 heavy (non-hydrogen) atoms. The first-order valence-electron chi connectivity index (χ1n) is 5.87. The average Bonchev–Trinajstić information content (AvgIpc) is 2.46. The molecule has 0 amide bonds. The lowest BCUT2D eigenvalue weighted by Gasteiger charge is -2.06. The summed E-state index contributed by atoms with van der Waals surface area (Å²) in [6.45, 7) is -0.368. The normalized spacial score (nSPS) is 10.8. The van der Waals surface area contributed by atoms with E-state index in [0.29, 0.717) is 27.9 Å². The molecule has 0 aliphatic carbocycles. The predicted molar refractivity (Wildman–Crippen MR) is 69.3 cm³/mol. The Labute approximate surface area is 109 Å². The highest BCUT2D eigenvalue weighted by molar-refractivity contribution is 5.80. The molecule has 0 N–H and O–H groups in total. The predicted octanol–water partition coefficient (Wildman–Crippen LogP) is 3.37. The summed E-state index contributed by atoms with van der Waals surface area (Å²) in [5.74, 6) is -0.332. The first-order valence-corrected chi connectivity index (χ1v) is 5.87. The molecule has 0 bridgehead atoms. The van der Waals surface area contributed by atoms with E-state index in [9.17, 15) is 9.50 Å². The number of nitrogens with zero attached hydrogens (tertiary/aromatic N) is 2. The standard InChI is InChI=1S/C15H10FN2O/c16-12-4-2-1-3-11(12)13-5-6-14-15(18-13)10(9-19)7-8-17-14/h1-8H,9H2. The summed E-state index contributed by atoms with van der Waals surface area (Å²) in [5.41, 5.74) is 2.69. The van der Waals surface area contributed by atoms with Crippen LogP contribution in [0, 0.1) is 5.82 Å². The molecule has 0 saturated heterocycles. The second-order valence-corrected chi connectivity index (χ2v) is 4.16. The number of pyridine rings is 2. The van der Waals surface area contributed by atoms with E-state index < -0.39 is 0 Å². The molecular formula is C15H10FN2O. The zero-order chi connectivity index (χ0) is 13.2. The van der Waals surface area contributed by atoms with Gasteiger partial charge >= 0.3 is 0 Å². The Morgan fingerprint density at radius 2 is 1.89 bits per heavy atom. The van der Waals surface area contributed by atoms with E-state index in [1.165, 1.54) is 6.07 Å². The van der Waals surface area contributed by atoms with Crippen molar-refractivity contribution in [3.63, 3.8) is 0 Å². The molecule has 2 aromatic heterocycles. The fourth-order valence-corrected chi connectivity index (χ4v) is 2.01. The van der Waals surface area contributed by atoms with Crippen molar-refractivity contribution in [3.05, 3.63) is 60.0 Å². The highest BCUT2D eigenvalue weighted by atomic mass is 19.1. The molecule has 1 aromatic carbocycles. The monoisotopic (exact) mass is 253 g/mol. The van der Waals surface area contributed by atoms with Gasteiger partial charge in [0.25, 0.3) is 0 Å². The van der Waals surface area contributed by atoms with Gasteiger partial charge in [0.1, 0.15) is 12.4 Å². The van der Waals surface area contributed by atoms with Crippen molar-refractivity contribution in [2.45, 2.75) is 6.61 Å². The van der Waals surface area contributed by atoms with Crippen molar-refractivity contribution in [3.8, 4) is 11.3 Å². The Morgan fingerprint density at radius 3 is 2.68 bits per heavy atom. The van der Waals surface area contributed by atoms with E-state index in [0.717, 1.165) is 0 Å². The topological polar surface area (TPSA) is 45.7 Å². The Bertz CT molecular complexity index is 743. The van der Waals surface area contributed by atoms with Crippen LogP contribution in [-0.2, 0) is 11.7 Å². The zero-order valence-electron chi connectivity index (χ0n) is 10.0. The van der Waals surface area contributed by atoms with Gasteiger partial charge in [-0.05, 0) is 30.3 Å². The number of halogens is 1.